The van der Waals surface area contributed by atoms with Gasteiger partial charge in [0.1, 0.15) is 5.82 Å². The maximum absolute atomic E-state index is 12.9. The molecule has 0 atom stereocenters. The number of piperidine rings is 1. The van der Waals surface area contributed by atoms with Crippen molar-refractivity contribution in [1.29, 1.82) is 0 Å². The van der Waals surface area contributed by atoms with Crippen LogP contribution in [0.4, 0.5) is 17.6 Å². The molecule has 0 radical (unpaired) electrons. The zero-order chi connectivity index (χ0) is 13.2. The highest BCUT2D eigenvalue weighted by atomic mass is 19.4. The van der Waals surface area contributed by atoms with Crippen molar-refractivity contribution in [3.05, 3.63) is 35.6 Å². The fourth-order valence-corrected chi connectivity index (χ4v) is 2.66. The zero-order valence-corrected chi connectivity index (χ0v) is 9.86. The van der Waals surface area contributed by atoms with Crippen molar-refractivity contribution >= 4 is 0 Å². The molecule has 100 valence electrons. The molecule has 5 heteroatoms. The Labute approximate surface area is 103 Å². The van der Waals surface area contributed by atoms with Crippen molar-refractivity contribution in [2.75, 3.05) is 13.1 Å². The Kier molecular flexibility index (Phi) is 3.61. The van der Waals surface area contributed by atoms with E-state index in [1.807, 2.05) is 0 Å². The summed E-state index contributed by atoms with van der Waals surface area (Å²) in [4.78, 5) is 0. The van der Waals surface area contributed by atoms with Crippen LogP contribution in [0, 0.1) is 5.82 Å². The van der Waals surface area contributed by atoms with E-state index in [0.717, 1.165) is 0 Å². The number of nitrogens with one attached hydrogen (secondary N) is 1. The van der Waals surface area contributed by atoms with E-state index in [9.17, 15) is 17.6 Å². The van der Waals surface area contributed by atoms with Gasteiger partial charge < -0.3 is 5.32 Å². The number of alkyl halides is 3. The normalized spacial score (nSPS) is 19.8. The number of benzene rings is 1. The molecule has 1 saturated heterocycles. The minimum Gasteiger partial charge on any atom is -0.317 e. The molecule has 2 rings (SSSR count). The Hall–Kier alpha value is -1.10. The Bertz CT molecular complexity index is 390. The van der Waals surface area contributed by atoms with Crippen molar-refractivity contribution < 1.29 is 17.6 Å². The first-order valence-electron chi connectivity index (χ1n) is 5.95. The molecular formula is C13H15F4N. The molecule has 1 aromatic rings. The van der Waals surface area contributed by atoms with Gasteiger partial charge in [0.05, 0.1) is 6.42 Å². The lowest BCUT2D eigenvalue weighted by molar-refractivity contribution is -0.150. The molecule has 0 aromatic heterocycles. The molecule has 18 heavy (non-hydrogen) atoms. The Morgan fingerprint density at radius 3 is 2.11 bits per heavy atom. The summed E-state index contributed by atoms with van der Waals surface area (Å²) in [5.41, 5.74) is -0.320. The summed E-state index contributed by atoms with van der Waals surface area (Å²) in [5, 5.41) is 3.06. The second-order valence-corrected chi connectivity index (χ2v) is 4.83. The van der Waals surface area contributed by atoms with Gasteiger partial charge in [-0.15, -0.1) is 0 Å². The Balaban J connectivity index is 2.32. The maximum Gasteiger partial charge on any atom is 0.389 e. The molecule has 1 aromatic carbocycles. The van der Waals surface area contributed by atoms with Gasteiger partial charge in [0.15, 0.2) is 0 Å². The van der Waals surface area contributed by atoms with E-state index in [4.69, 9.17) is 0 Å². The third-order valence-electron chi connectivity index (χ3n) is 3.56. The lowest BCUT2D eigenvalue weighted by Crippen LogP contribution is -2.42. The van der Waals surface area contributed by atoms with Crippen LogP contribution >= 0.6 is 0 Å². The van der Waals surface area contributed by atoms with Gasteiger partial charge >= 0.3 is 6.18 Å². The summed E-state index contributed by atoms with van der Waals surface area (Å²) in [6, 6.07) is 5.42. The SMILES string of the molecule is Fc1ccc(C2(CC(F)(F)F)CCNCC2)cc1. The van der Waals surface area contributed by atoms with Gasteiger partial charge in [0.2, 0.25) is 0 Å². The fraction of sp³-hybridized carbons (Fsp3) is 0.538. The maximum atomic E-state index is 12.9. The topological polar surface area (TPSA) is 12.0 Å². The summed E-state index contributed by atoms with van der Waals surface area (Å²) < 4.78 is 51.1. The van der Waals surface area contributed by atoms with Gasteiger partial charge in [-0.25, -0.2) is 4.39 Å². The van der Waals surface area contributed by atoms with Gasteiger partial charge in [-0.3, -0.25) is 0 Å². The van der Waals surface area contributed by atoms with Crippen LogP contribution in [0.15, 0.2) is 24.3 Å². The molecule has 1 heterocycles. The highest BCUT2D eigenvalue weighted by Crippen LogP contribution is 2.42. The molecule has 1 aliphatic rings. The first kappa shape index (κ1) is 13.3. The van der Waals surface area contributed by atoms with Gasteiger partial charge in [-0.2, -0.15) is 13.2 Å². The smallest absolute Gasteiger partial charge is 0.317 e. The highest BCUT2D eigenvalue weighted by Gasteiger charge is 2.44. The minimum absolute atomic E-state index is 0.421. The Morgan fingerprint density at radius 2 is 1.61 bits per heavy atom. The van der Waals surface area contributed by atoms with E-state index in [-0.39, 0.29) is 0 Å². The van der Waals surface area contributed by atoms with Crippen LogP contribution in [-0.4, -0.2) is 19.3 Å². The van der Waals surface area contributed by atoms with Crippen LogP contribution in [-0.2, 0) is 5.41 Å². The van der Waals surface area contributed by atoms with Gasteiger partial charge in [-0.1, -0.05) is 12.1 Å². The molecule has 0 unspecified atom stereocenters. The zero-order valence-electron chi connectivity index (χ0n) is 9.86. The second kappa shape index (κ2) is 4.88. The summed E-state index contributed by atoms with van der Waals surface area (Å²) >= 11 is 0. The lowest BCUT2D eigenvalue weighted by Gasteiger charge is -2.38. The van der Waals surface area contributed by atoms with Gasteiger partial charge in [0.25, 0.3) is 0 Å². The molecule has 0 aliphatic carbocycles. The number of hydrogen-bond acceptors (Lipinski definition) is 1. The van der Waals surface area contributed by atoms with Crippen LogP contribution in [0.25, 0.3) is 0 Å². The monoisotopic (exact) mass is 261 g/mol. The quantitative estimate of drug-likeness (QED) is 0.804. The van der Waals surface area contributed by atoms with Crippen LogP contribution in [0.2, 0.25) is 0 Å². The molecule has 1 N–H and O–H groups in total. The van der Waals surface area contributed by atoms with Crippen LogP contribution in [0.5, 0.6) is 0 Å². The molecule has 0 spiro atoms. The van der Waals surface area contributed by atoms with Crippen LogP contribution < -0.4 is 5.32 Å². The standard InChI is InChI=1S/C13H15F4N/c14-11-3-1-10(2-4-11)12(9-13(15,16)17)5-7-18-8-6-12/h1-4,18H,5-9H2. The van der Waals surface area contributed by atoms with Crippen molar-refractivity contribution in [2.24, 2.45) is 0 Å². The fourth-order valence-electron chi connectivity index (χ4n) is 2.66. The van der Waals surface area contributed by atoms with E-state index < -0.39 is 23.8 Å². The summed E-state index contributed by atoms with van der Waals surface area (Å²) in [6.45, 7) is 1.13. The minimum atomic E-state index is -4.20. The van der Waals surface area contributed by atoms with Crippen molar-refractivity contribution in [3.63, 3.8) is 0 Å². The summed E-state index contributed by atoms with van der Waals surface area (Å²) in [5.74, 6) is -0.421. The van der Waals surface area contributed by atoms with Gasteiger partial charge in [-0.05, 0) is 43.6 Å². The molecular weight excluding hydrogens is 246 g/mol. The third kappa shape index (κ3) is 3.02. The number of rotatable bonds is 2. The van der Waals surface area contributed by atoms with Crippen molar-refractivity contribution in [3.8, 4) is 0 Å². The van der Waals surface area contributed by atoms with E-state index in [1.54, 1.807) is 0 Å². The highest BCUT2D eigenvalue weighted by molar-refractivity contribution is 5.27. The van der Waals surface area contributed by atoms with E-state index in [0.29, 0.717) is 31.5 Å². The van der Waals surface area contributed by atoms with E-state index >= 15 is 0 Å². The first-order valence-corrected chi connectivity index (χ1v) is 5.95. The number of halogens is 4. The van der Waals surface area contributed by atoms with Crippen LogP contribution in [0.1, 0.15) is 24.8 Å². The average molecular weight is 261 g/mol. The summed E-state index contributed by atoms with van der Waals surface area (Å²) in [7, 11) is 0. The molecule has 0 bridgehead atoms. The van der Waals surface area contributed by atoms with Crippen LogP contribution in [0.3, 0.4) is 0 Å². The molecule has 0 saturated carbocycles. The largest absolute Gasteiger partial charge is 0.389 e. The number of hydrogen-bond donors (Lipinski definition) is 1. The van der Waals surface area contributed by atoms with E-state index in [1.165, 1.54) is 24.3 Å². The lowest BCUT2D eigenvalue weighted by atomic mass is 9.70. The molecule has 1 fully saturated rings. The van der Waals surface area contributed by atoms with Gasteiger partial charge in [0, 0.05) is 5.41 Å². The van der Waals surface area contributed by atoms with Crippen molar-refractivity contribution in [1.82, 2.24) is 5.32 Å². The molecule has 1 aliphatic heterocycles. The van der Waals surface area contributed by atoms with E-state index in [2.05, 4.69) is 5.32 Å². The molecule has 0 amide bonds. The predicted molar refractivity (Wildman–Crippen MR) is 60.9 cm³/mol. The van der Waals surface area contributed by atoms with Crippen molar-refractivity contribution in [2.45, 2.75) is 30.9 Å². The summed E-state index contributed by atoms with van der Waals surface area (Å²) in [6.07, 6.45) is -4.19. The first-order chi connectivity index (χ1) is 8.41. The Morgan fingerprint density at radius 1 is 1.06 bits per heavy atom. The third-order valence-corrected chi connectivity index (χ3v) is 3.56. The molecule has 1 nitrogen and oxygen atoms in total. The predicted octanol–water partition coefficient (Wildman–Crippen LogP) is 3.40. The second-order valence-electron chi connectivity index (χ2n) is 4.83. The average Bonchev–Trinajstić information content (AvgIpc) is 2.28.